The second-order valence-corrected chi connectivity index (χ2v) is 7.26. The summed E-state index contributed by atoms with van der Waals surface area (Å²) in [5.41, 5.74) is 3.18. The average Bonchev–Trinajstić information content (AvgIpc) is 3.30. The molecule has 2 aromatic rings. The van der Waals surface area contributed by atoms with Gasteiger partial charge in [0.1, 0.15) is 6.10 Å². The first-order valence-electron chi connectivity index (χ1n) is 9.53. The summed E-state index contributed by atoms with van der Waals surface area (Å²) < 4.78 is 7.70. The zero-order chi connectivity index (χ0) is 19.0. The molecule has 0 spiro atoms. The topological polar surface area (TPSA) is 76.4 Å². The van der Waals surface area contributed by atoms with E-state index in [4.69, 9.17) is 9.72 Å². The van der Waals surface area contributed by atoms with Gasteiger partial charge in [0, 0.05) is 38.6 Å². The Hall–Kier alpha value is -2.48. The highest BCUT2D eigenvalue weighted by molar-refractivity contribution is 5.96. The maximum absolute atomic E-state index is 13.1. The van der Waals surface area contributed by atoms with Gasteiger partial charge in [0.25, 0.3) is 5.91 Å². The van der Waals surface area contributed by atoms with Crippen LogP contribution in [0.2, 0.25) is 0 Å². The zero-order valence-corrected chi connectivity index (χ0v) is 16.2. The van der Waals surface area contributed by atoms with Crippen LogP contribution in [-0.2, 0) is 11.8 Å². The molecule has 2 saturated heterocycles. The van der Waals surface area contributed by atoms with Crippen molar-refractivity contribution in [2.24, 2.45) is 7.05 Å². The summed E-state index contributed by atoms with van der Waals surface area (Å²) in [6.45, 7) is 7.37. The summed E-state index contributed by atoms with van der Waals surface area (Å²) in [7, 11) is 1.86. The van der Waals surface area contributed by atoms with Crippen LogP contribution in [0.1, 0.15) is 46.4 Å². The number of anilines is 1. The fourth-order valence-corrected chi connectivity index (χ4v) is 3.86. The molecule has 4 heterocycles. The maximum atomic E-state index is 13.1. The molecular formula is C19H26N6O2. The van der Waals surface area contributed by atoms with Crippen molar-refractivity contribution in [2.45, 2.75) is 32.8 Å². The number of hydrogen-bond donors (Lipinski definition) is 0. The van der Waals surface area contributed by atoms with Crippen molar-refractivity contribution in [3.8, 4) is 0 Å². The summed E-state index contributed by atoms with van der Waals surface area (Å²) in [6.07, 6.45) is 3.92. The molecule has 1 atom stereocenters. The number of ether oxygens (including phenoxy) is 1. The van der Waals surface area contributed by atoms with Gasteiger partial charge < -0.3 is 14.5 Å². The maximum Gasteiger partial charge on any atom is 0.257 e. The summed E-state index contributed by atoms with van der Waals surface area (Å²) in [5.74, 6) is 0.774. The highest BCUT2D eigenvalue weighted by Gasteiger charge is 2.30. The van der Waals surface area contributed by atoms with E-state index in [9.17, 15) is 4.79 Å². The number of carbonyl (C=O) groups is 1. The first-order chi connectivity index (χ1) is 13.0. The van der Waals surface area contributed by atoms with Crippen molar-refractivity contribution in [1.82, 2.24) is 24.6 Å². The minimum absolute atomic E-state index is 0.0141. The van der Waals surface area contributed by atoms with E-state index < -0.39 is 0 Å². The molecule has 0 saturated carbocycles. The average molecular weight is 370 g/mol. The molecule has 0 N–H and O–H groups in total. The predicted molar refractivity (Wildman–Crippen MR) is 101 cm³/mol. The van der Waals surface area contributed by atoms with Crippen LogP contribution in [0.5, 0.6) is 0 Å². The molecule has 1 amide bonds. The van der Waals surface area contributed by atoms with Crippen LogP contribution in [0, 0.1) is 13.8 Å². The van der Waals surface area contributed by atoms with Crippen molar-refractivity contribution in [3.63, 3.8) is 0 Å². The van der Waals surface area contributed by atoms with Crippen LogP contribution >= 0.6 is 0 Å². The summed E-state index contributed by atoms with van der Waals surface area (Å²) >= 11 is 0. The van der Waals surface area contributed by atoms with Gasteiger partial charge in [-0.3, -0.25) is 9.48 Å². The van der Waals surface area contributed by atoms with Crippen molar-refractivity contribution < 1.29 is 9.53 Å². The summed E-state index contributed by atoms with van der Waals surface area (Å²) in [6, 6.07) is 1.89. The highest BCUT2D eigenvalue weighted by Crippen LogP contribution is 2.25. The Kier molecular flexibility index (Phi) is 4.82. The van der Waals surface area contributed by atoms with Crippen LogP contribution < -0.4 is 4.90 Å². The van der Waals surface area contributed by atoms with Gasteiger partial charge >= 0.3 is 0 Å². The molecule has 4 rings (SSSR count). The van der Waals surface area contributed by atoms with Gasteiger partial charge in [0.2, 0.25) is 5.95 Å². The monoisotopic (exact) mass is 370 g/mol. The van der Waals surface area contributed by atoms with E-state index in [2.05, 4.69) is 15.0 Å². The van der Waals surface area contributed by atoms with Gasteiger partial charge in [0.05, 0.1) is 30.1 Å². The SMILES string of the molecule is Cc1nn(C)c(C)c1C(=O)N1CCO[C@@H](c2ccnc(N3CCCC3)n2)C1. The Morgan fingerprint density at radius 2 is 2.00 bits per heavy atom. The smallest absolute Gasteiger partial charge is 0.257 e. The first kappa shape index (κ1) is 17.9. The Bertz CT molecular complexity index is 843. The number of aromatic nitrogens is 4. The van der Waals surface area contributed by atoms with E-state index in [-0.39, 0.29) is 12.0 Å². The van der Waals surface area contributed by atoms with E-state index >= 15 is 0 Å². The number of carbonyl (C=O) groups excluding carboxylic acids is 1. The predicted octanol–water partition coefficient (Wildman–Crippen LogP) is 1.64. The quantitative estimate of drug-likeness (QED) is 0.818. The lowest BCUT2D eigenvalue weighted by molar-refractivity contribution is -0.0247. The number of amides is 1. The number of hydrogen-bond acceptors (Lipinski definition) is 6. The van der Waals surface area contributed by atoms with Crippen molar-refractivity contribution >= 4 is 11.9 Å². The summed E-state index contributed by atoms with van der Waals surface area (Å²) in [4.78, 5) is 26.3. The second-order valence-electron chi connectivity index (χ2n) is 7.26. The molecule has 8 nitrogen and oxygen atoms in total. The lowest BCUT2D eigenvalue weighted by Crippen LogP contribution is -2.43. The van der Waals surface area contributed by atoms with Crippen LogP contribution in [0.4, 0.5) is 5.95 Å². The lowest BCUT2D eigenvalue weighted by Gasteiger charge is -2.33. The summed E-state index contributed by atoms with van der Waals surface area (Å²) in [5, 5.41) is 4.37. The molecule has 8 heteroatoms. The van der Waals surface area contributed by atoms with Gasteiger partial charge in [0.15, 0.2) is 0 Å². The Labute approximate surface area is 159 Å². The number of morpholine rings is 1. The van der Waals surface area contributed by atoms with Crippen molar-refractivity contribution in [2.75, 3.05) is 37.7 Å². The molecule has 0 bridgehead atoms. The minimum atomic E-state index is -0.232. The molecule has 0 radical (unpaired) electrons. The van der Waals surface area contributed by atoms with Gasteiger partial charge in [-0.15, -0.1) is 0 Å². The normalized spacial score (nSPS) is 20.3. The zero-order valence-electron chi connectivity index (χ0n) is 16.2. The molecule has 2 aliphatic heterocycles. The number of aryl methyl sites for hydroxylation is 2. The third kappa shape index (κ3) is 3.41. The Morgan fingerprint density at radius 1 is 1.22 bits per heavy atom. The van der Waals surface area contributed by atoms with E-state index in [1.807, 2.05) is 31.9 Å². The van der Waals surface area contributed by atoms with Gasteiger partial charge in [-0.1, -0.05) is 0 Å². The fraction of sp³-hybridized carbons (Fsp3) is 0.579. The Balaban J connectivity index is 1.53. The third-order valence-electron chi connectivity index (χ3n) is 5.46. The van der Waals surface area contributed by atoms with Crippen LogP contribution in [0.15, 0.2) is 12.3 Å². The molecule has 0 unspecified atom stereocenters. The van der Waals surface area contributed by atoms with Crippen molar-refractivity contribution in [1.29, 1.82) is 0 Å². The molecule has 0 aliphatic carbocycles. The minimum Gasteiger partial charge on any atom is -0.368 e. The van der Waals surface area contributed by atoms with Gasteiger partial charge in [-0.05, 0) is 32.8 Å². The highest BCUT2D eigenvalue weighted by atomic mass is 16.5. The second kappa shape index (κ2) is 7.26. The number of rotatable bonds is 3. The molecular weight excluding hydrogens is 344 g/mol. The third-order valence-corrected chi connectivity index (χ3v) is 5.46. The molecule has 2 aromatic heterocycles. The largest absolute Gasteiger partial charge is 0.368 e. The van der Waals surface area contributed by atoms with Gasteiger partial charge in [-0.2, -0.15) is 5.10 Å². The van der Waals surface area contributed by atoms with Crippen molar-refractivity contribution in [3.05, 3.63) is 34.9 Å². The van der Waals surface area contributed by atoms with E-state index in [1.54, 1.807) is 10.9 Å². The van der Waals surface area contributed by atoms with Crippen LogP contribution in [-0.4, -0.2) is 63.3 Å². The lowest BCUT2D eigenvalue weighted by atomic mass is 10.1. The number of nitrogens with zero attached hydrogens (tertiary/aromatic N) is 6. The Morgan fingerprint density at radius 3 is 2.70 bits per heavy atom. The van der Waals surface area contributed by atoms with E-state index in [1.165, 1.54) is 12.8 Å². The van der Waals surface area contributed by atoms with E-state index in [0.29, 0.717) is 25.3 Å². The van der Waals surface area contributed by atoms with Gasteiger partial charge in [-0.25, -0.2) is 9.97 Å². The first-order valence-corrected chi connectivity index (χ1v) is 9.53. The molecule has 144 valence electrons. The molecule has 0 aromatic carbocycles. The fourth-order valence-electron chi connectivity index (χ4n) is 3.86. The molecule has 27 heavy (non-hydrogen) atoms. The van der Waals surface area contributed by atoms with E-state index in [0.717, 1.165) is 36.1 Å². The van der Waals surface area contributed by atoms with Crippen LogP contribution in [0.3, 0.4) is 0 Å². The van der Waals surface area contributed by atoms with Crippen LogP contribution in [0.25, 0.3) is 0 Å². The standard InChI is InChI=1S/C19H26N6O2/c1-13-17(14(2)23(3)22-13)18(26)25-10-11-27-16(12-25)15-6-7-20-19(21-15)24-8-4-5-9-24/h6-7,16H,4-5,8-12H2,1-3H3/t16-/m1/s1. The molecule has 2 aliphatic rings. The molecule has 2 fully saturated rings.